The summed E-state index contributed by atoms with van der Waals surface area (Å²) in [7, 11) is 0. The number of rotatable bonds is 9. The highest BCUT2D eigenvalue weighted by Gasteiger charge is 2.44. The molecule has 2 aromatic heterocycles. The molecule has 0 unspecified atom stereocenters. The van der Waals surface area contributed by atoms with Crippen molar-refractivity contribution in [2.24, 2.45) is 0 Å². The highest BCUT2D eigenvalue weighted by molar-refractivity contribution is 7.00. The number of benzene rings is 14. The predicted octanol–water partition coefficient (Wildman–Crippen LogP) is 20.3. The maximum absolute atomic E-state index is 2.62. The van der Waals surface area contributed by atoms with E-state index < -0.39 is 0 Å². The number of anilines is 6. The molecule has 414 valence electrons. The van der Waals surface area contributed by atoms with Gasteiger partial charge in [0.1, 0.15) is 0 Å². The molecule has 89 heavy (non-hydrogen) atoms. The van der Waals surface area contributed by atoms with E-state index in [1.807, 2.05) is 0 Å². The third-order valence-corrected chi connectivity index (χ3v) is 18.7. The van der Waals surface area contributed by atoms with Gasteiger partial charge in [-0.15, -0.1) is 0 Å². The number of hydrogen-bond donors (Lipinski definition) is 0. The smallest absolute Gasteiger partial charge is 0.252 e. The van der Waals surface area contributed by atoms with Crippen LogP contribution in [0.2, 0.25) is 0 Å². The van der Waals surface area contributed by atoms with Crippen molar-refractivity contribution in [3.8, 4) is 67.0 Å². The van der Waals surface area contributed by atoms with Crippen LogP contribution in [0.3, 0.4) is 0 Å². The molecule has 2 aliphatic rings. The van der Waals surface area contributed by atoms with Crippen molar-refractivity contribution < 1.29 is 0 Å². The number of hydrogen-bond acceptors (Lipinski definition) is 2. The van der Waals surface area contributed by atoms with Crippen LogP contribution in [0.1, 0.15) is 0 Å². The summed E-state index contributed by atoms with van der Waals surface area (Å²) < 4.78 is 4.86. The van der Waals surface area contributed by atoms with E-state index in [0.717, 1.165) is 84.4 Å². The van der Waals surface area contributed by atoms with Crippen molar-refractivity contribution in [1.29, 1.82) is 0 Å². The summed E-state index contributed by atoms with van der Waals surface area (Å²) in [5.41, 5.74) is 29.3. The average Bonchev–Trinajstić information content (AvgIpc) is 2.09. The lowest BCUT2D eigenvalue weighted by atomic mass is 9.33. The van der Waals surface area contributed by atoms with Crippen LogP contribution in [0.5, 0.6) is 0 Å². The molecule has 0 saturated carbocycles. The van der Waals surface area contributed by atoms with E-state index in [0.29, 0.717) is 0 Å². The highest BCUT2D eigenvalue weighted by atomic mass is 15.2. The average molecular weight is 1130 g/mol. The van der Waals surface area contributed by atoms with E-state index in [9.17, 15) is 0 Å². The zero-order chi connectivity index (χ0) is 58.5. The minimum Gasteiger partial charge on any atom is -0.311 e. The minimum absolute atomic E-state index is 0.128. The van der Waals surface area contributed by atoms with E-state index in [2.05, 4.69) is 353 Å². The van der Waals surface area contributed by atoms with Crippen molar-refractivity contribution in [2.75, 3.05) is 9.80 Å². The fourth-order valence-electron chi connectivity index (χ4n) is 14.8. The van der Waals surface area contributed by atoms with Crippen LogP contribution in [-0.4, -0.2) is 15.8 Å². The number of fused-ring (bicyclic) bond motifs is 10. The molecule has 0 N–H and O–H groups in total. The van der Waals surface area contributed by atoms with Crippen LogP contribution in [0.25, 0.3) is 111 Å². The molecule has 14 aromatic carbocycles. The molecule has 5 heteroatoms. The maximum Gasteiger partial charge on any atom is 0.252 e. The Hall–Kier alpha value is -11.7. The zero-order valence-corrected chi connectivity index (χ0v) is 48.6. The van der Waals surface area contributed by atoms with Crippen LogP contribution in [0, 0.1) is 0 Å². The molecule has 0 atom stereocenters. The fourth-order valence-corrected chi connectivity index (χ4v) is 14.8. The Bertz CT molecular complexity index is 5330. The van der Waals surface area contributed by atoms with Gasteiger partial charge in [-0.3, -0.25) is 0 Å². The lowest BCUT2D eigenvalue weighted by molar-refractivity contribution is 1.17. The molecule has 0 radical (unpaired) electrons. The Kier molecular flexibility index (Phi) is 11.7. The third-order valence-electron chi connectivity index (χ3n) is 18.7. The second-order valence-electron chi connectivity index (χ2n) is 23.5. The zero-order valence-electron chi connectivity index (χ0n) is 48.6. The van der Waals surface area contributed by atoms with Gasteiger partial charge >= 0.3 is 0 Å². The van der Waals surface area contributed by atoms with Crippen molar-refractivity contribution in [3.05, 3.63) is 334 Å². The first-order valence-corrected chi connectivity index (χ1v) is 30.8. The van der Waals surface area contributed by atoms with Gasteiger partial charge in [-0.1, -0.05) is 261 Å². The van der Waals surface area contributed by atoms with Gasteiger partial charge in [-0.2, -0.15) is 0 Å². The molecule has 2 aliphatic heterocycles. The summed E-state index contributed by atoms with van der Waals surface area (Å²) in [6.07, 6.45) is 0. The molecule has 18 rings (SSSR count). The van der Waals surface area contributed by atoms with E-state index >= 15 is 0 Å². The minimum atomic E-state index is -0.128. The summed E-state index contributed by atoms with van der Waals surface area (Å²) in [6.45, 7) is -0.128. The molecule has 4 nitrogen and oxygen atoms in total. The van der Waals surface area contributed by atoms with E-state index in [4.69, 9.17) is 0 Å². The van der Waals surface area contributed by atoms with Crippen molar-refractivity contribution in [1.82, 2.24) is 9.13 Å². The highest BCUT2D eigenvalue weighted by Crippen LogP contribution is 2.52. The van der Waals surface area contributed by atoms with Gasteiger partial charge in [0.15, 0.2) is 0 Å². The molecule has 0 spiro atoms. The Balaban J connectivity index is 0.871. The van der Waals surface area contributed by atoms with Crippen LogP contribution in [0.4, 0.5) is 34.1 Å². The molecule has 0 amide bonds. The molecule has 0 bridgehead atoms. The maximum atomic E-state index is 2.62. The van der Waals surface area contributed by atoms with E-state index in [1.54, 1.807) is 0 Å². The predicted molar refractivity (Wildman–Crippen MR) is 376 cm³/mol. The summed E-state index contributed by atoms with van der Waals surface area (Å²) in [4.78, 5) is 5.19. The van der Waals surface area contributed by atoms with Crippen molar-refractivity contribution in [3.63, 3.8) is 0 Å². The first kappa shape index (κ1) is 50.6. The van der Waals surface area contributed by atoms with Crippen LogP contribution in [-0.2, 0) is 0 Å². The summed E-state index contributed by atoms with van der Waals surface area (Å²) in [5.74, 6) is 0. The van der Waals surface area contributed by atoms with Gasteiger partial charge in [0, 0.05) is 72.4 Å². The fraction of sp³-hybridized carbons (Fsp3) is 0. The summed E-state index contributed by atoms with van der Waals surface area (Å²) >= 11 is 0. The summed E-state index contributed by atoms with van der Waals surface area (Å²) in [5, 5.41) is 4.98. The number of nitrogens with zero attached hydrogens (tertiary/aromatic N) is 4. The van der Waals surface area contributed by atoms with Gasteiger partial charge in [-0.05, 0) is 128 Å². The molecule has 0 fully saturated rings. The first-order chi connectivity index (χ1) is 44.2. The standard InChI is InChI=1S/C84H55BN4/c1-5-23-58(24-6-1)65-31-13-17-37-74(65)88-78-41-22-42-79-83(78)85(73-52-49-64(55-82(73)88)87-76-39-19-14-32-68(76)69-33-15-20-40-77(69)87)72-51-48-62(54-81(72)89(79)84-66(59-25-7-2-8-26-59)35-21-36-67(84)60-27-9-3-10-28-60)57-45-43-56(44-46-57)61-47-50-71-70-34-16-18-38-75(70)86(80(71)53-61)63-29-11-4-12-30-63/h1-55H. The number of aromatic nitrogens is 2. The summed E-state index contributed by atoms with van der Waals surface area (Å²) in [6, 6.07) is 124. The van der Waals surface area contributed by atoms with Gasteiger partial charge in [0.2, 0.25) is 0 Å². The van der Waals surface area contributed by atoms with Crippen molar-refractivity contribution >= 4 is 101 Å². The van der Waals surface area contributed by atoms with Crippen LogP contribution in [0.15, 0.2) is 334 Å². The quantitative estimate of drug-likeness (QED) is 0.134. The van der Waals surface area contributed by atoms with Crippen molar-refractivity contribution in [2.45, 2.75) is 0 Å². The van der Waals surface area contributed by atoms with Gasteiger partial charge in [-0.25, -0.2) is 0 Å². The molecule has 0 saturated heterocycles. The Morgan fingerprint density at radius 3 is 1.21 bits per heavy atom. The molecular weight excluding hydrogens is 1080 g/mol. The molecular formula is C84H55BN4. The van der Waals surface area contributed by atoms with Gasteiger partial charge in [0.05, 0.1) is 33.4 Å². The lowest BCUT2D eigenvalue weighted by Gasteiger charge is -2.45. The van der Waals surface area contributed by atoms with Crippen LogP contribution >= 0.6 is 0 Å². The van der Waals surface area contributed by atoms with E-state index in [-0.39, 0.29) is 6.71 Å². The van der Waals surface area contributed by atoms with Gasteiger partial charge in [0.25, 0.3) is 6.71 Å². The molecule has 16 aromatic rings. The molecule has 4 heterocycles. The Morgan fingerprint density at radius 1 is 0.213 bits per heavy atom. The van der Waals surface area contributed by atoms with Crippen LogP contribution < -0.4 is 26.2 Å². The Labute approximate surface area is 517 Å². The molecule has 0 aliphatic carbocycles. The second kappa shape index (κ2) is 20.5. The van der Waals surface area contributed by atoms with E-state index in [1.165, 1.54) is 76.7 Å². The lowest BCUT2D eigenvalue weighted by Crippen LogP contribution is -2.61. The first-order valence-electron chi connectivity index (χ1n) is 30.8. The monoisotopic (exact) mass is 1130 g/mol. The second-order valence-corrected chi connectivity index (χ2v) is 23.5. The topological polar surface area (TPSA) is 16.3 Å². The normalized spacial score (nSPS) is 12.4. The van der Waals surface area contributed by atoms with Gasteiger partial charge < -0.3 is 18.9 Å². The largest absolute Gasteiger partial charge is 0.311 e. The Morgan fingerprint density at radius 2 is 0.618 bits per heavy atom. The number of para-hydroxylation sites is 6. The SMILES string of the molecule is c1ccc(-c2ccccc2N2c3cc(-n4c5ccccc5c5ccccc54)ccc3B3c4ccc(-c5ccc(-c6ccc7c8ccccc8n(-c8ccccc8)c7c6)cc5)cc4N(c4c(-c5ccccc5)cccc4-c4ccccc4)c4cccc2c43)cc1. The third kappa shape index (κ3) is 8.02.